The van der Waals surface area contributed by atoms with Crippen molar-refractivity contribution in [2.75, 3.05) is 18.5 Å². The number of rotatable bonds is 3. The number of benzene rings is 1. The molecule has 0 bridgehead atoms. The maximum absolute atomic E-state index is 12.7. The Morgan fingerprint density at radius 1 is 1.53 bits per heavy atom. The molecule has 4 nitrogen and oxygen atoms in total. The third-order valence-corrected chi connectivity index (χ3v) is 1.86. The number of hydrogen-bond acceptors (Lipinski definition) is 2. The zero-order valence-electron chi connectivity index (χ0n) is 7.76. The summed E-state index contributed by atoms with van der Waals surface area (Å²) in [5.74, 6) is -0.544. The van der Waals surface area contributed by atoms with Crippen LogP contribution in [0, 0.1) is 5.82 Å². The highest BCUT2D eigenvalue weighted by Crippen LogP contribution is 2.18. The van der Waals surface area contributed by atoms with E-state index < -0.39 is 11.8 Å². The van der Waals surface area contributed by atoms with Gasteiger partial charge in [0.15, 0.2) is 0 Å². The van der Waals surface area contributed by atoms with Gasteiger partial charge in [-0.2, -0.15) is 0 Å². The zero-order chi connectivity index (χ0) is 11.3. The Morgan fingerprint density at radius 3 is 2.87 bits per heavy atom. The van der Waals surface area contributed by atoms with Gasteiger partial charge in [0.25, 0.3) is 0 Å². The van der Waals surface area contributed by atoms with Crippen molar-refractivity contribution in [1.29, 1.82) is 0 Å². The van der Waals surface area contributed by atoms with Gasteiger partial charge in [0.05, 0.1) is 11.6 Å². The van der Waals surface area contributed by atoms with E-state index in [9.17, 15) is 9.18 Å². The molecule has 0 fully saturated rings. The van der Waals surface area contributed by atoms with E-state index >= 15 is 0 Å². The van der Waals surface area contributed by atoms with Gasteiger partial charge in [-0.3, -0.25) is 0 Å². The van der Waals surface area contributed by atoms with Crippen LogP contribution in [0.5, 0.6) is 0 Å². The van der Waals surface area contributed by atoms with Crippen molar-refractivity contribution >= 4 is 23.3 Å². The largest absolute Gasteiger partial charge is 0.395 e. The summed E-state index contributed by atoms with van der Waals surface area (Å²) in [5, 5.41) is 13.2. The normalized spacial score (nSPS) is 9.80. The predicted molar refractivity (Wildman–Crippen MR) is 55.5 cm³/mol. The van der Waals surface area contributed by atoms with Gasteiger partial charge in [0.2, 0.25) is 0 Å². The van der Waals surface area contributed by atoms with Crippen molar-refractivity contribution in [3.05, 3.63) is 29.0 Å². The molecule has 0 aliphatic carbocycles. The number of nitrogens with one attached hydrogen (secondary N) is 2. The first-order chi connectivity index (χ1) is 7.13. The summed E-state index contributed by atoms with van der Waals surface area (Å²) in [5.41, 5.74) is 0.386. The zero-order valence-corrected chi connectivity index (χ0v) is 8.51. The fourth-order valence-corrected chi connectivity index (χ4v) is 1.10. The summed E-state index contributed by atoms with van der Waals surface area (Å²) < 4.78 is 12.7. The van der Waals surface area contributed by atoms with Crippen LogP contribution in [0.15, 0.2) is 18.2 Å². The Labute approximate surface area is 91.1 Å². The smallest absolute Gasteiger partial charge is 0.319 e. The number of carbonyl (C=O) groups excluding carboxylic acids is 1. The maximum Gasteiger partial charge on any atom is 0.319 e. The van der Waals surface area contributed by atoms with Gasteiger partial charge < -0.3 is 15.7 Å². The molecule has 15 heavy (non-hydrogen) atoms. The number of carbonyl (C=O) groups is 1. The number of aliphatic hydroxyl groups is 1. The Bertz CT molecular complexity index is 360. The lowest BCUT2D eigenvalue weighted by atomic mass is 10.3. The Balaban J connectivity index is 2.57. The average Bonchev–Trinajstić information content (AvgIpc) is 2.20. The molecule has 0 saturated carbocycles. The van der Waals surface area contributed by atoms with E-state index in [-0.39, 0.29) is 18.2 Å². The van der Waals surface area contributed by atoms with E-state index in [2.05, 4.69) is 10.6 Å². The first-order valence-electron chi connectivity index (χ1n) is 4.24. The van der Waals surface area contributed by atoms with Gasteiger partial charge in [-0.15, -0.1) is 0 Å². The minimum Gasteiger partial charge on any atom is -0.395 e. The molecule has 0 aromatic heterocycles. The summed E-state index contributed by atoms with van der Waals surface area (Å²) in [6.45, 7) is 0.0123. The monoisotopic (exact) mass is 232 g/mol. The predicted octanol–water partition coefficient (Wildman–Crippen LogP) is 1.59. The highest BCUT2D eigenvalue weighted by molar-refractivity contribution is 6.31. The van der Waals surface area contributed by atoms with Crippen molar-refractivity contribution in [2.45, 2.75) is 0 Å². The van der Waals surface area contributed by atoms with E-state index in [0.717, 1.165) is 6.07 Å². The summed E-state index contributed by atoms with van der Waals surface area (Å²) in [7, 11) is 0. The quantitative estimate of drug-likeness (QED) is 0.741. The molecule has 0 aliphatic rings. The van der Waals surface area contributed by atoms with Gasteiger partial charge >= 0.3 is 6.03 Å². The van der Waals surface area contributed by atoms with Crippen molar-refractivity contribution in [2.24, 2.45) is 0 Å². The molecule has 0 radical (unpaired) electrons. The first-order valence-corrected chi connectivity index (χ1v) is 4.62. The first kappa shape index (κ1) is 11.7. The number of anilines is 1. The molecule has 1 aromatic rings. The molecule has 0 atom stereocenters. The number of aliphatic hydroxyl groups excluding tert-OH is 1. The molecule has 0 saturated heterocycles. The number of halogens is 2. The van der Waals surface area contributed by atoms with Gasteiger partial charge in [0, 0.05) is 12.2 Å². The topological polar surface area (TPSA) is 61.4 Å². The highest BCUT2D eigenvalue weighted by Gasteiger charge is 2.03. The lowest BCUT2D eigenvalue weighted by Crippen LogP contribution is -2.30. The number of urea groups is 1. The maximum atomic E-state index is 12.7. The van der Waals surface area contributed by atoms with E-state index in [0.29, 0.717) is 5.69 Å². The highest BCUT2D eigenvalue weighted by atomic mass is 35.5. The van der Waals surface area contributed by atoms with E-state index in [1.54, 1.807) is 0 Å². The van der Waals surface area contributed by atoms with Crippen molar-refractivity contribution in [1.82, 2.24) is 5.32 Å². The second-order valence-corrected chi connectivity index (χ2v) is 3.14. The van der Waals surface area contributed by atoms with E-state index in [1.807, 2.05) is 0 Å². The van der Waals surface area contributed by atoms with Crippen LogP contribution in [0.1, 0.15) is 0 Å². The third-order valence-electron chi connectivity index (χ3n) is 1.57. The molecule has 6 heteroatoms. The average molecular weight is 233 g/mol. The van der Waals surface area contributed by atoms with E-state index in [4.69, 9.17) is 16.7 Å². The van der Waals surface area contributed by atoms with Crippen molar-refractivity contribution < 1.29 is 14.3 Å². The SMILES string of the molecule is O=C(NCCO)Nc1ccc(F)c(Cl)c1. The summed E-state index contributed by atoms with van der Waals surface area (Å²) in [4.78, 5) is 11.1. The van der Waals surface area contributed by atoms with Gasteiger partial charge in [-0.05, 0) is 18.2 Å². The standard InChI is InChI=1S/C9H10ClFN2O2/c10-7-5-6(1-2-8(7)11)13-9(15)12-3-4-14/h1-2,5,14H,3-4H2,(H2,12,13,15). The minimum atomic E-state index is -0.544. The van der Waals surface area contributed by atoms with Gasteiger partial charge in [-0.1, -0.05) is 11.6 Å². The van der Waals surface area contributed by atoms with Crippen molar-refractivity contribution in [3.63, 3.8) is 0 Å². The lowest BCUT2D eigenvalue weighted by molar-refractivity contribution is 0.245. The summed E-state index contributed by atoms with van der Waals surface area (Å²) >= 11 is 5.51. The van der Waals surface area contributed by atoms with Crippen LogP contribution >= 0.6 is 11.6 Å². The van der Waals surface area contributed by atoms with Crippen molar-refractivity contribution in [3.8, 4) is 0 Å². The van der Waals surface area contributed by atoms with Gasteiger partial charge in [0.1, 0.15) is 5.82 Å². The lowest BCUT2D eigenvalue weighted by Gasteiger charge is -2.06. The number of hydrogen-bond donors (Lipinski definition) is 3. The number of amides is 2. The van der Waals surface area contributed by atoms with Crippen LogP contribution in [-0.2, 0) is 0 Å². The van der Waals surface area contributed by atoms with Crippen LogP contribution < -0.4 is 10.6 Å². The molecule has 82 valence electrons. The fourth-order valence-electron chi connectivity index (χ4n) is 0.919. The molecule has 2 amide bonds. The van der Waals surface area contributed by atoms with Gasteiger partial charge in [-0.25, -0.2) is 9.18 Å². The molecular formula is C9H10ClFN2O2. The molecule has 0 heterocycles. The van der Waals surface area contributed by atoms with Crippen LogP contribution in [-0.4, -0.2) is 24.3 Å². The molecule has 3 N–H and O–H groups in total. The Kier molecular flexibility index (Phi) is 4.33. The summed E-state index contributed by atoms with van der Waals surface area (Å²) in [6, 6.07) is 3.37. The molecule has 0 unspecified atom stereocenters. The minimum absolute atomic E-state index is 0.0602. The van der Waals surface area contributed by atoms with E-state index in [1.165, 1.54) is 12.1 Å². The molecule has 0 spiro atoms. The molecule has 1 aromatic carbocycles. The van der Waals surface area contributed by atoms with Crippen LogP contribution in [0.25, 0.3) is 0 Å². The molecule has 0 aliphatic heterocycles. The second-order valence-electron chi connectivity index (χ2n) is 2.73. The summed E-state index contributed by atoms with van der Waals surface area (Å²) in [6.07, 6.45) is 0. The third kappa shape index (κ3) is 3.73. The Morgan fingerprint density at radius 2 is 2.27 bits per heavy atom. The second kappa shape index (κ2) is 5.53. The Hall–Kier alpha value is -1.33. The molecule has 1 rings (SSSR count). The van der Waals surface area contributed by atoms with Crippen LogP contribution in [0.2, 0.25) is 5.02 Å². The van der Waals surface area contributed by atoms with Crippen LogP contribution in [0.3, 0.4) is 0 Å². The fraction of sp³-hybridized carbons (Fsp3) is 0.222. The molecular weight excluding hydrogens is 223 g/mol. The van der Waals surface area contributed by atoms with Crippen LogP contribution in [0.4, 0.5) is 14.9 Å².